The molecule has 0 radical (unpaired) electrons. The molecular weight excluding hydrogens is 604 g/mol. The van der Waals surface area contributed by atoms with Crippen LogP contribution < -0.4 is 20.8 Å². The lowest BCUT2D eigenvalue weighted by atomic mass is 10.0. The van der Waals surface area contributed by atoms with Gasteiger partial charge in [-0.2, -0.15) is 0 Å². The van der Waals surface area contributed by atoms with E-state index in [1.807, 2.05) is 0 Å². The molecule has 0 heterocycles. The fourth-order valence-electron chi connectivity index (χ4n) is 3.02. The van der Waals surface area contributed by atoms with E-state index in [9.17, 15) is 29.4 Å². The zero-order valence-electron chi connectivity index (χ0n) is 26.6. The second kappa shape index (κ2) is 26.6. The van der Waals surface area contributed by atoms with E-state index < -0.39 is 48.1 Å². The van der Waals surface area contributed by atoms with Crippen molar-refractivity contribution in [3.63, 3.8) is 0 Å². The van der Waals surface area contributed by atoms with Crippen LogP contribution in [0.5, 0.6) is 0 Å². The van der Waals surface area contributed by atoms with E-state index >= 15 is 0 Å². The van der Waals surface area contributed by atoms with Gasteiger partial charge in [-0.05, 0) is 110 Å². The largest absolute Gasteiger partial charge is 0.550 e. The van der Waals surface area contributed by atoms with Crippen molar-refractivity contribution in [2.45, 2.75) is 58.7 Å². The van der Waals surface area contributed by atoms with E-state index in [1.54, 1.807) is 20.8 Å². The lowest BCUT2D eigenvalue weighted by Gasteiger charge is -2.20. The number of rotatable bonds is 18. The predicted molar refractivity (Wildman–Crippen MR) is 167 cm³/mol. The predicted octanol–water partition coefficient (Wildman–Crippen LogP) is -2.38. The highest BCUT2D eigenvalue weighted by atomic mass is 16.5. The zero-order chi connectivity index (χ0) is 35.3. The zero-order valence-corrected chi connectivity index (χ0v) is 26.6. The SMILES string of the molecule is C#CC#CC#CC#CC#CC#CC#CC#CC(CC(=O)[O-])C(=O)NC(C)COCCOCC(C)OCC(C)NC(=O)C(C)CC(=O)[O-]. The van der Waals surface area contributed by atoms with Crippen LogP contribution in [0.25, 0.3) is 0 Å². The Kier molecular flexibility index (Phi) is 23.4. The Hall–Kier alpha value is -5.76. The monoisotopic (exact) mass is 638 g/mol. The molecule has 0 aromatic rings. The third kappa shape index (κ3) is 25.3. The standard InChI is InChI=1S/C36H36N2O9/c1-6-7-8-9-10-11-12-13-14-15-16-17-18-19-20-32(24-34(41)42)36(44)38-29(3)25-45-21-22-46-27-31(5)47-26-30(4)37-35(43)28(2)23-33(39)40/h1,28-32H,21-27H2,2-5H3,(H,37,43)(H,38,44)(H,39,40)(H,41,42)/p-2. The van der Waals surface area contributed by atoms with E-state index in [1.165, 1.54) is 6.92 Å². The summed E-state index contributed by atoms with van der Waals surface area (Å²) in [5.74, 6) is 30.3. The van der Waals surface area contributed by atoms with Crippen molar-refractivity contribution >= 4 is 23.8 Å². The molecule has 0 aromatic heterocycles. The van der Waals surface area contributed by atoms with Gasteiger partial charge in [-0.1, -0.05) is 12.8 Å². The number of carboxylic acid groups (broad SMARTS) is 2. The Morgan fingerprint density at radius 1 is 0.617 bits per heavy atom. The summed E-state index contributed by atoms with van der Waals surface area (Å²) in [5, 5.41) is 27.0. The van der Waals surface area contributed by atoms with Crippen molar-refractivity contribution in [3.8, 4) is 95.2 Å². The summed E-state index contributed by atoms with van der Waals surface area (Å²) in [7, 11) is 0. The van der Waals surface area contributed by atoms with Crippen molar-refractivity contribution in [3.05, 3.63) is 0 Å². The Morgan fingerprint density at radius 3 is 1.57 bits per heavy atom. The minimum absolute atomic E-state index is 0.132. The Balaban J connectivity index is 4.49. The van der Waals surface area contributed by atoms with Gasteiger partial charge in [0.2, 0.25) is 11.8 Å². The number of amides is 2. The van der Waals surface area contributed by atoms with Crippen LogP contribution in [0.4, 0.5) is 0 Å². The summed E-state index contributed by atoms with van der Waals surface area (Å²) in [6, 6.07) is -0.785. The van der Waals surface area contributed by atoms with Crippen LogP contribution in [-0.4, -0.2) is 75.0 Å². The fourth-order valence-corrected chi connectivity index (χ4v) is 3.02. The molecule has 244 valence electrons. The summed E-state index contributed by atoms with van der Waals surface area (Å²) in [4.78, 5) is 46.2. The normalized spacial score (nSPS) is 12.0. The van der Waals surface area contributed by atoms with Gasteiger partial charge in [0.25, 0.3) is 0 Å². The van der Waals surface area contributed by atoms with Crippen LogP contribution in [-0.2, 0) is 33.4 Å². The molecule has 0 fully saturated rings. The number of aliphatic carboxylic acids is 2. The van der Waals surface area contributed by atoms with Crippen LogP contribution in [0.1, 0.15) is 40.5 Å². The highest BCUT2D eigenvalue weighted by Gasteiger charge is 2.19. The molecular formula is C36H34N2O9-2. The highest BCUT2D eigenvalue weighted by Crippen LogP contribution is 2.03. The lowest BCUT2D eigenvalue weighted by molar-refractivity contribution is -0.307. The molecule has 0 saturated heterocycles. The average Bonchev–Trinajstić information content (AvgIpc) is 3.00. The highest BCUT2D eigenvalue weighted by molar-refractivity contribution is 5.85. The minimum atomic E-state index is -1.45. The number of terminal acetylenes is 1. The topological polar surface area (TPSA) is 166 Å². The number of ether oxygens (including phenoxy) is 3. The number of hydrogen-bond donors (Lipinski definition) is 2. The van der Waals surface area contributed by atoms with Gasteiger partial charge in [0, 0.05) is 36.4 Å². The average molecular weight is 639 g/mol. The first kappa shape index (κ1) is 41.2. The number of carboxylic acids is 2. The van der Waals surface area contributed by atoms with Gasteiger partial charge in [-0.25, -0.2) is 0 Å². The third-order valence-electron chi connectivity index (χ3n) is 5.18. The quantitative estimate of drug-likeness (QED) is 0.123. The smallest absolute Gasteiger partial charge is 0.235 e. The van der Waals surface area contributed by atoms with Crippen LogP contribution in [0, 0.1) is 107 Å². The van der Waals surface area contributed by atoms with Gasteiger partial charge >= 0.3 is 0 Å². The van der Waals surface area contributed by atoms with Crippen molar-refractivity contribution in [1.82, 2.24) is 10.6 Å². The molecule has 0 aliphatic heterocycles. The maximum atomic E-state index is 12.5. The van der Waals surface area contributed by atoms with Crippen molar-refractivity contribution in [1.29, 1.82) is 0 Å². The van der Waals surface area contributed by atoms with Crippen LogP contribution >= 0.6 is 0 Å². The van der Waals surface area contributed by atoms with Gasteiger partial charge in [-0.15, -0.1) is 6.42 Å². The third-order valence-corrected chi connectivity index (χ3v) is 5.18. The molecule has 2 amide bonds. The maximum Gasteiger partial charge on any atom is 0.235 e. The first-order chi connectivity index (χ1) is 22.5. The van der Waals surface area contributed by atoms with Gasteiger partial charge in [0.15, 0.2) is 0 Å². The van der Waals surface area contributed by atoms with Crippen molar-refractivity contribution < 1.29 is 43.6 Å². The number of carbonyl (C=O) groups excluding carboxylic acids is 4. The Labute approximate surface area is 276 Å². The Morgan fingerprint density at radius 2 is 1.06 bits per heavy atom. The molecule has 5 unspecified atom stereocenters. The molecule has 0 bridgehead atoms. The second-order valence-electron chi connectivity index (χ2n) is 9.63. The van der Waals surface area contributed by atoms with Gasteiger partial charge < -0.3 is 44.6 Å². The van der Waals surface area contributed by atoms with Crippen molar-refractivity contribution in [2.75, 3.05) is 33.0 Å². The number of carbonyl (C=O) groups is 4. The summed E-state index contributed by atoms with van der Waals surface area (Å²) >= 11 is 0. The molecule has 11 heteroatoms. The van der Waals surface area contributed by atoms with E-state index in [0.717, 1.165) is 0 Å². The van der Waals surface area contributed by atoms with E-state index in [2.05, 4.69) is 99.4 Å². The fraction of sp³-hybridized carbons (Fsp3) is 0.444. The summed E-state index contributed by atoms with van der Waals surface area (Å²) in [6.45, 7) is 7.79. The van der Waals surface area contributed by atoms with E-state index in [0.29, 0.717) is 0 Å². The molecule has 0 aromatic carbocycles. The molecule has 2 N–H and O–H groups in total. The summed E-state index contributed by atoms with van der Waals surface area (Å²) in [5.41, 5.74) is 0. The molecule has 0 aliphatic rings. The minimum Gasteiger partial charge on any atom is -0.550 e. The Bertz CT molecular complexity index is 1580. The molecule has 5 atom stereocenters. The first-order valence-electron chi connectivity index (χ1n) is 14.2. The summed E-state index contributed by atoms with van der Waals surface area (Å²) < 4.78 is 16.7. The number of nitrogens with one attached hydrogen (secondary N) is 2. The lowest BCUT2D eigenvalue weighted by Crippen LogP contribution is -2.41. The van der Waals surface area contributed by atoms with Gasteiger partial charge in [0.05, 0.1) is 39.1 Å². The van der Waals surface area contributed by atoms with Gasteiger partial charge in [0.1, 0.15) is 5.92 Å². The van der Waals surface area contributed by atoms with E-state index in [-0.39, 0.29) is 51.6 Å². The van der Waals surface area contributed by atoms with Gasteiger partial charge in [-0.3, -0.25) is 9.59 Å². The first-order valence-corrected chi connectivity index (χ1v) is 14.2. The second-order valence-corrected chi connectivity index (χ2v) is 9.63. The maximum absolute atomic E-state index is 12.5. The van der Waals surface area contributed by atoms with Crippen molar-refractivity contribution in [2.24, 2.45) is 11.8 Å². The van der Waals surface area contributed by atoms with Crippen LogP contribution in [0.3, 0.4) is 0 Å². The molecule has 47 heavy (non-hydrogen) atoms. The molecule has 0 spiro atoms. The van der Waals surface area contributed by atoms with E-state index in [4.69, 9.17) is 20.6 Å². The molecule has 0 saturated carbocycles. The molecule has 0 rings (SSSR count). The number of hydrogen-bond acceptors (Lipinski definition) is 9. The van der Waals surface area contributed by atoms with Crippen LogP contribution in [0.15, 0.2) is 0 Å². The summed E-state index contributed by atoms with van der Waals surface area (Å²) in [6.07, 6.45) is 3.68. The molecule has 11 nitrogen and oxygen atoms in total. The molecule has 0 aliphatic carbocycles. The van der Waals surface area contributed by atoms with Crippen LogP contribution in [0.2, 0.25) is 0 Å².